The zero-order valence-corrected chi connectivity index (χ0v) is 24.1. The standard InChI is InChI=1S/C31H30FNO11/c1-39-18-10-5-14(11-20(18)40-2)19-12-17(34)23-22(43-19)13-21(41-3)24(28(23)42-4)29-26(36)25(35)27(37)30(44-29)31(38)33-16-8-6-15(32)7-9-16/h5-13,25-27,29-30,35-37H,1-4H3,(H,33,38)/t25-,26-,27+,29+,30+/m1/s1. The van der Waals surface area contributed by atoms with Gasteiger partial charge in [-0.2, -0.15) is 0 Å². The Morgan fingerprint density at radius 2 is 1.50 bits per heavy atom. The summed E-state index contributed by atoms with van der Waals surface area (Å²) in [6, 6.07) is 12.5. The summed E-state index contributed by atoms with van der Waals surface area (Å²) in [5, 5.41) is 34.8. The van der Waals surface area contributed by atoms with Crippen LogP contribution >= 0.6 is 0 Å². The molecule has 0 spiro atoms. The lowest BCUT2D eigenvalue weighted by atomic mass is 9.89. The number of carbonyl (C=O) groups is 1. The Hall–Kier alpha value is -4.69. The zero-order valence-electron chi connectivity index (χ0n) is 24.1. The number of benzene rings is 3. The van der Waals surface area contributed by atoms with Crippen LogP contribution in [0.2, 0.25) is 0 Å². The Labute approximate surface area is 250 Å². The van der Waals surface area contributed by atoms with E-state index < -0.39 is 47.7 Å². The number of hydrogen-bond donors (Lipinski definition) is 4. The van der Waals surface area contributed by atoms with Crippen LogP contribution in [-0.2, 0) is 9.53 Å². The van der Waals surface area contributed by atoms with Crippen LogP contribution in [0.25, 0.3) is 22.3 Å². The summed E-state index contributed by atoms with van der Waals surface area (Å²) in [7, 11) is 5.57. The number of anilines is 1. The summed E-state index contributed by atoms with van der Waals surface area (Å²) in [6.45, 7) is 0. The molecule has 44 heavy (non-hydrogen) atoms. The van der Waals surface area contributed by atoms with Crippen LogP contribution in [0, 0.1) is 5.82 Å². The minimum absolute atomic E-state index is 0.00769. The van der Waals surface area contributed by atoms with Crippen molar-refractivity contribution in [2.75, 3.05) is 33.8 Å². The molecule has 1 aliphatic heterocycles. The maximum absolute atomic E-state index is 13.5. The number of nitrogens with one attached hydrogen (secondary N) is 1. The number of rotatable bonds is 8. The highest BCUT2D eigenvalue weighted by molar-refractivity contribution is 5.95. The lowest BCUT2D eigenvalue weighted by Crippen LogP contribution is -2.57. The quantitative estimate of drug-likeness (QED) is 0.231. The maximum atomic E-state index is 13.5. The molecule has 0 unspecified atom stereocenters. The Bertz CT molecular complexity index is 1740. The molecular formula is C31H30FNO11. The normalized spacial score (nSPS) is 21.5. The van der Waals surface area contributed by atoms with Crippen LogP contribution in [0.4, 0.5) is 10.1 Å². The molecule has 13 heteroatoms. The highest BCUT2D eigenvalue weighted by Gasteiger charge is 2.49. The van der Waals surface area contributed by atoms with Crippen molar-refractivity contribution < 1.29 is 52.6 Å². The molecule has 1 amide bonds. The Morgan fingerprint density at radius 3 is 2.14 bits per heavy atom. The van der Waals surface area contributed by atoms with Crippen molar-refractivity contribution in [2.24, 2.45) is 0 Å². The molecule has 0 saturated carbocycles. The van der Waals surface area contributed by atoms with E-state index in [4.69, 9.17) is 28.1 Å². The van der Waals surface area contributed by atoms with Crippen molar-refractivity contribution in [2.45, 2.75) is 30.5 Å². The van der Waals surface area contributed by atoms with E-state index in [-0.39, 0.29) is 39.5 Å². The van der Waals surface area contributed by atoms with Gasteiger partial charge in [0.15, 0.2) is 23.0 Å². The molecule has 0 radical (unpaired) electrons. The molecular weight excluding hydrogens is 581 g/mol. The number of halogens is 1. The predicted molar refractivity (Wildman–Crippen MR) is 155 cm³/mol. The molecule has 3 aromatic carbocycles. The van der Waals surface area contributed by atoms with E-state index in [1.165, 1.54) is 52.7 Å². The third kappa shape index (κ3) is 5.53. The van der Waals surface area contributed by atoms with Crippen molar-refractivity contribution in [3.8, 4) is 34.3 Å². The van der Waals surface area contributed by atoms with Gasteiger partial charge < -0.3 is 48.7 Å². The van der Waals surface area contributed by atoms with E-state index >= 15 is 0 Å². The molecule has 1 fully saturated rings. The fourth-order valence-electron chi connectivity index (χ4n) is 5.14. The Balaban J connectivity index is 1.59. The van der Waals surface area contributed by atoms with Gasteiger partial charge in [0.05, 0.1) is 34.0 Å². The summed E-state index contributed by atoms with van der Waals surface area (Å²) < 4.78 is 47.1. The molecule has 2 heterocycles. The molecule has 232 valence electrons. The smallest absolute Gasteiger partial charge is 0.256 e. The average molecular weight is 612 g/mol. The first-order chi connectivity index (χ1) is 21.1. The molecule has 0 aliphatic carbocycles. The summed E-state index contributed by atoms with van der Waals surface area (Å²) in [4.78, 5) is 26.6. The number of aliphatic hydroxyl groups is 3. The number of carbonyl (C=O) groups excluding carboxylic acids is 1. The largest absolute Gasteiger partial charge is 0.496 e. The SMILES string of the molecule is COc1ccc(-c2cc(=O)c3c(OC)c([C@@H]4O[C@H](C(=O)Nc5ccc(F)cc5)[C@@H](O)[C@H](O)[C@H]4O)c(OC)cc3o2)cc1OC. The third-order valence-corrected chi connectivity index (χ3v) is 7.33. The molecule has 1 aromatic heterocycles. The average Bonchev–Trinajstić information content (AvgIpc) is 3.03. The molecule has 5 atom stereocenters. The van der Waals surface area contributed by atoms with Crippen LogP contribution < -0.4 is 29.7 Å². The minimum atomic E-state index is -1.85. The number of fused-ring (bicyclic) bond motifs is 1. The number of aliphatic hydroxyl groups excluding tert-OH is 3. The first-order valence-corrected chi connectivity index (χ1v) is 13.3. The van der Waals surface area contributed by atoms with Gasteiger partial charge in [-0.05, 0) is 42.5 Å². The van der Waals surface area contributed by atoms with Crippen LogP contribution in [0.5, 0.6) is 23.0 Å². The van der Waals surface area contributed by atoms with E-state index in [0.29, 0.717) is 17.1 Å². The number of hydrogen-bond acceptors (Lipinski definition) is 11. The Morgan fingerprint density at radius 1 is 0.818 bits per heavy atom. The minimum Gasteiger partial charge on any atom is -0.496 e. The molecule has 4 N–H and O–H groups in total. The van der Waals surface area contributed by atoms with Gasteiger partial charge in [0, 0.05) is 23.4 Å². The van der Waals surface area contributed by atoms with Gasteiger partial charge in [0.2, 0.25) is 0 Å². The summed E-state index contributed by atoms with van der Waals surface area (Å²) >= 11 is 0. The predicted octanol–water partition coefficient (Wildman–Crippen LogP) is 2.79. The van der Waals surface area contributed by atoms with Gasteiger partial charge >= 0.3 is 0 Å². The first kappa shape index (κ1) is 30.8. The summed E-state index contributed by atoms with van der Waals surface area (Å²) in [6.07, 6.45) is -8.69. The van der Waals surface area contributed by atoms with Gasteiger partial charge in [-0.15, -0.1) is 0 Å². The monoisotopic (exact) mass is 611 g/mol. The van der Waals surface area contributed by atoms with Crippen LogP contribution in [0.3, 0.4) is 0 Å². The first-order valence-electron chi connectivity index (χ1n) is 13.3. The fourth-order valence-corrected chi connectivity index (χ4v) is 5.14. The third-order valence-electron chi connectivity index (χ3n) is 7.33. The second kappa shape index (κ2) is 12.5. The zero-order chi connectivity index (χ0) is 31.7. The summed E-state index contributed by atoms with van der Waals surface area (Å²) in [5.41, 5.74) is 0.256. The van der Waals surface area contributed by atoms with Gasteiger partial charge in [-0.25, -0.2) is 4.39 Å². The van der Waals surface area contributed by atoms with Crippen molar-refractivity contribution >= 4 is 22.6 Å². The van der Waals surface area contributed by atoms with E-state index in [1.807, 2.05) is 0 Å². The van der Waals surface area contributed by atoms with E-state index in [9.17, 15) is 29.3 Å². The number of methoxy groups -OCH3 is 4. The Kier molecular flexibility index (Phi) is 8.74. The molecule has 5 rings (SSSR count). The molecule has 0 bridgehead atoms. The molecule has 1 aliphatic rings. The van der Waals surface area contributed by atoms with Crippen LogP contribution in [0.15, 0.2) is 63.8 Å². The number of amides is 1. The van der Waals surface area contributed by atoms with E-state index in [2.05, 4.69) is 5.32 Å². The van der Waals surface area contributed by atoms with Crippen molar-refractivity contribution in [3.63, 3.8) is 0 Å². The van der Waals surface area contributed by atoms with Crippen LogP contribution in [0.1, 0.15) is 11.7 Å². The van der Waals surface area contributed by atoms with Gasteiger partial charge in [0.1, 0.15) is 58.5 Å². The maximum Gasteiger partial charge on any atom is 0.256 e. The highest BCUT2D eigenvalue weighted by atomic mass is 19.1. The van der Waals surface area contributed by atoms with Crippen molar-refractivity contribution in [1.29, 1.82) is 0 Å². The molecule has 12 nitrogen and oxygen atoms in total. The van der Waals surface area contributed by atoms with E-state index in [1.54, 1.807) is 18.2 Å². The van der Waals surface area contributed by atoms with E-state index in [0.717, 1.165) is 12.1 Å². The van der Waals surface area contributed by atoms with Gasteiger partial charge in [-0.3, -0.25) is 9.59 Å². The lowest BCUT2D eigenvalue weighted by molar-refractivity contribution is -0.221. The second-order valence-corrected chi connectivity index (χ2v) is 9.89. The topological polar surface area (TPSA) is 166 Å². The molecule has 1 saturated heterocycles. The lowest BCUT2D eigenvalue weighted by Gasteiger charge is -2.40. The molecule has 4 aromatic rings. The number of ether oxygens (including phenoxy) is 5. The second-order valence-electron chi connectivity index (χ2n) is 9.89. The summed E-state index contributed by atoms with van der Waals surface area (Å²) in [5.74, 6) is -0.366. The fraction of sp³-hybridized carbons (Fsp3) is 0.290. The van der Waals surface area contributed by atoms with Gasteiger partial charge in [-0.1, -0.05) is 0 Å². The van der Waals surface area contributed by atoms with Crippen LogP contribution in [-0.4, -0.2) is 74.1 Å². The highest BCUT2D eigenvalue weighted by Crippen LogP contribution is 2.46. The van der Waals surface area contributed by atoms with Crippen molar-refractivity contribution in [3.05, 3.63) is 76.2 Å². The van der Waals surface area contributed by atoms with Gasteiger partial charge in [0.25, 0.3) is 5.91 Å². The van der Waals surface area contributed by atoms with Crippen molar-refractivity contribution in [1.82, 2.24) is 0 Å².